The van der Waals surface area contributed by atoms with E-state index in [1.807, 2.05) is 18.2 Å². The molecular weight excluding hydrogens is 317 g/mol. The number of fused-ring (bicyclic) bond motifs is 3. The Balaban J connectivity index is 1.59. The third kappa shape index (κ3) is 2.55. The standard InChI is InChI=1S/C21H24FNO2/c1-2-21-11-13-23(16-8-6-15(7-9-16)10-12-22)14-19(21)25-20-17(21)4-3-5-18(20)24/h3-9,19,24H,2,10-14H2,1H3/t19-,21-/m0/s1. The van der Waals surface area contributed by atoms with Gasteiger partial charge in [0.2, 0.25) is 0 Å². The largest absolute Gasteiger partial charge is 0.504 e. The number of aromatic hydroxyl groups is 1. The maximum absolute atomic E-state index is 12.5. The van der Waals surface area contributed by atoms with Gasteiger partial charge in [0.25, 0.3) is 0 Å². The summed E-state index contributed by atoms with van der Waals surface area (Å²) in [6, 6.07) is 13.9. The van der Waals surface area contributed by atoms with E-state index in [9.17, 15) is 9.50 Å². The number of alkyl halides is 1. The summed E-state index contributed by atoms with van der Waals surface area (Å²) in [5.41, 5.74) is 3.31. The predicted octanol–water partition coefficient (Wildman–Crippen LogP) is 4.22. The molecule has 1 saturated heterocycles. The quantitative estimate of drug-likeness (QED) is 0.904. The highest BCUT2D eigenvalue weighted by molar-refractivity contribution is 5.56. The van der Waals surface area contributed by atoms with Crippen molar-refractivity contribution in [2.24, 2.45) is 0 Å². The molecule has 0 spiro atoms. The second-order valence-electron chi connectivity index (χ2n) is 7.07. The molecule has 25 heavy (non-hydrogen) atoms. The Kier molecular flexibility index (Phi) is 4.06. The molecule has 3 nitrogen and oxygen atoms in total. The molecule has 0 amide bonds. The van der Waals surface area contributed by atoms with E-state index < -0.39 is 0 Å². The van der Waals surface area contributed by atoms with E-state index in [0.29, 0.717) is 12.2 Å². The number of phenols is 1. The SMILES string of the molecule is CC[C@@]12CCN(c3ccc(CCF)cc3)C[C@@H]1Oc1c(O)cccc12. The zero-order valence-electron chi connectivity index (χ0n) is 14.5. The second-order valence-corrected chi connectivity index (χ2v) is 7.07. The summed E-state index contributed by atoms with van der Waals surface area (Å²) in [6.07, 6.45) is 2.51. The van der Waals surface area contributed by atoms with Gasteiger partial charge in [-0.3, -0.25) is 4.39 Å². The minimum Gasteiger partial charge on any atom is -0.504 e. The topological polar surface area (TPSA) is 32.7 Å². The van der Waals surface area contributed by atoms with Crippen molar-refractivity contribution < 1.29 is 14.2 Å². The van der Waals surface area contributed by atoms with E-state index >= 15 is 0 Å². The van der Waals surface area contributed by atoms with Crippen LogP contribution in [0.1, 0.15) is 30.9 Å². The lowest BCUT2D eigenvalue weighted by Crippen LogP contribution is -2.52. The monoisotopic (exact) mass is 341 g/mol. The summed E-state index contributed by atoms with van der Waals surface area (Å²) in [5, 5.41) is 10.2. The zero-order valence-corrected chi connectivity index (χ0v) is 14.5. The third-order valence-electron chi connectivity index (χ3n) is 5.94. The van der Waals surface area contributed by atoms with Crippen LogP contribution < -0.4 is 9.64 Å². The van der Waals surface area contributed by atoms with Gasteiger partial charge >= 0.3 is 0 Å². The van der Waals surface area contributed by atoms with Crippen LogP contribution in [0.15, 0.2) is 42.5 Å². The average Bonchev–Trinajstić information content (AvgIpc) is 2.98. The highest BCUT2D eigenvalue weighted by Crippen LogP contribution is 2.52. The smallest absolute Gasteiger partial charge is 0.165 e. The Morgan fingerprint density at radius 2 is 2.04 bits per heavy atom. The number of piperidine rings is 1. The number of hydrogen-bond donors (Lipinski definition) is 1. The minimum absolute atomic E-state index is 0.0151. The van der Waals surface area contributed by atoms with Crippen LogP contribution in [0.3, 0.4) is 0 Å². The first-order valence-corrected chi connectivity index (χ1v) is 9.07. The molecule has 2 heterocycles. The van der Waals surface area contributed by atoms with Crippen molar-refractivity contribution >= 4 is 5.69 Å². The number of aryl methyl sites for hydroxylation is 1. The van der Waals surface area contributed by atoms with Crippen LogP contribution in [0.4, 0.5) is 10.1 Å². The maximum Gasteiger partial charge on any atom is 0.165 e. The Morgan fingerprint density at radius 3 is 2.76 bits per heavy atom. The molecule has 2 aliphatic rings. The fraction of sp³-hybridized carbons (Fsp3) is 0.429. The summed E-state index contributed by atoms with van der Waals surface area (Å²) in [4.78, 5) is 2.33. The molecule has 1 N–H and O–H groups in total. The molecule has 2 aromatic carbocycles. The van der Waals surface area contributed by atoms with Crippen molar-refractivity contribution in [3.8, 4) is 11.5 Å². The predicted molar refractivity (Wildman–Crippen MR) is 97.4 cm³/mol. The van der Waals surface area contributed by atoms with Crippen LogP contribution in [0, 0.1) is 0 Å². The van der Waals surface area contributed by atoms with Gasteiger partial charge in [-0.1, -0.05) is 31.2 Å². The first-order valence-electron chi connectivity index (χ1n) is 9.07. The van der Waals surface area contributed by atoms with Gasteiger partial charge in [0.1, 0.15) is 6.10 Å². The van der Waals surface area contributed by atoms with Crippen LogP contribution >= 0.6 is 0 Å². The first kappa shape index (κ1) is 16.2. The number of rotatable bonds is 4. The summed E-state index contributed by atoms with van der Waals surface area (Å²) in [6.45, 7) is 3.63. The summed E-state index contributed by atoms with van der Waals surface area (Å²) in [5.74, 6) is 0.899. The molecule has 2 atom stereocenters. The Morgan fingerprint density at radius 1 is 1.24 bits per heavy atom. The van der Waals surface area contributed by atoms with Crippen molar-refractivity contribution in [2.75, 3.05) is 24.7 Å². The van der Waals surface area contributed by atoms with E-state index in [2.05, 4.69) is 30.0 Å². The summed E-state index contributed by atoms with van der Waals surface area (Å²) < 4.78 is 18.7. The van der Waals surface area contributed by atoms with Crippen LogP contribution in [-0.4, -0.2) is 31.0 Å². The second kappa shape index (κ2) is 6.25. The number of para-hydroxylation sites is 1. The number of halogens is 1. The molecule has 0 bridgehead atoms. The fourth-order valence-corrected chi connectivity index (χ4v) is 4.41. The normalized spacial score (nSPS) is 24.6. The van der Waals surface area contributed by atoms with E-state index in [0.717, 1.165) is 42.7 Å². The molecule has 0 aliphatic carbocycles. The van der Waals surface area contributed by atoms with Gasteiger partial charge in [0, 0.05) is 29.6 Å². The van der Waals surface area contributed by atoms with Gasteiger partial charge in [-0.15, -0.1) is 0 Å². The van der Waals surface area contributed by atoms with Crippen molar-refractivity contribution in [1.29, 1.82) is 0 Å². The van der Waals surface area contributed by atoms with Gasteiger partial charge in [0.05, 0.1) is 13.2 Å². The van der Waals surface area contributed by atoms with Crippen molar-refractivity contribution in [1.82, 2.24) is 0 Å². The molecule has 4 rings (SSSR count). The fourth-order valence-electron chi connectivity index (χ4n) is 4.41. The summed E-state index contributed by atoms with van der Waals surface area (Å²) in [7, 11) is 0. The highest BCUT2D eigenvalue weighted by Gasteiger charge is 2.51. The van der Waals surface area contributed by atoms with Crippen LogP contribution in [0.25, 0.3) is 0 Å². The first-order chi connectivity index (χ1) is 12.2. The molecule has 0 radical (unpaired) electrons. The van der Waals surface area contributed by atoms with Crippen molar-refractivity contribution in [2.45, 2.75) is 37.7 Å². The Labute approximate surface area is 148 Å². The number of benzene rings is 2. The number of anilines is 1. The number of ether oxygens (including phenoxy) is 1. The van der Waals surface area contributed by atoms with E-state index in [1.165, 1.54) is 0 Å². The lowest BCUT2D eigenvalue weighted by Gasteiger charge is -2.43. The molecule has 0 aromatic heterocycles. The van der Waals surface area contributed by atoms with Gasteiger partial charge in [-0.05, 0) is 36.6 Å². The van der Waals surface area contributed by atoms with Gasteiger partial charge in [-0.2, -0.15) is 0 Å². The molecule has 1 fully saturated rings. The molecule has 0 saturated carbocycles. The van der Waals surface area contributed by atoms with Crippen LogP contribution in [0.5, 0.6) is 11.5 Å². The molecule has 0 unspecified atom stereocenters. The Hall–Kier alpha value is -2.23. The minimum atomic E-state index is -0.320. The average molecular weight is 341 g/mol. The van der Waals surface area contributed by atoms with Crippen molar-refractivity contribution in [3.63, 3.8) is 0 Å². The third-order valence-corrected chi connectivity index (χ3v) is 5.94. The van der Waals surface area contributed by atoms with Crippen LogP contribution in [-0.2, 0) is 11.8 Å². The Bertz CT molecular complexity index is 761. The van der Waals surface area contributed by atoms with E-state index in [4.69, 9.17) is 4.74 Å². The maximum atomic E-state index is 12.5. The highest BCUT2D eigenvalue weighted by atomic mass is 19.1. The van der Waals surface area contributed by atoms with Gasteiger partial charge in [-0.25, -0.2) is 0 Å². The van der Waals surface area contributed by atoms with Gasteiger partial charge < -0.3 is 14.7 Å². The zero-order chi connectivity index (χ0) is 17.4. The molecular formula is C21H24FNO2. The molecule has 132 valence electrons. The van der Waals surface area contributed by atoms with Crippen molar-refractivity contribution in [3.05, 3.63) is 53.6 Å². The van der Waals surface area contributed by atoms with Gasteiger partial charge in [0.15, 0.2) is 11.5 Å². The lowest BCUT2D eigenvalue weighted by atomic mass is 9.70. The number of phenolic OH excluding ortho intramolecular Hbond substituents is 1. The van der Waals surface area contributed by atoms with E-state index in [-0.39, 0.29) is 23.9 Å². The molecule has 2 aliphatic heterocycles. The molecule has 4 heteroatoms. The number of nitrogens with zero attached hydrogens (tertiary/aromatic N) is 1. The molecule has 2 aromatic rings. The van der Waals surface area contributed by atoms with E-state index in [1.54, 1.807) is 6.07 Å². The lowest BCUT2D eigenvalue weighted by molar-refractivity contribution is 0.119. The number of hydrogen-bond acceptors (Lipinski definition) is 3. The van der Waals surface area contributed by atoms with Crippen LogP contribution in [0.2, 0.25) is 0 Å². The summed E-state index contributed by atoms with van der Waals surface area (Å²) >= 11 is 0.